The quantitative estimate of drug-likeness (QED) is 0.934. The van der Waals surface area contributed by atoms with E-state index in [0.717, 1.165) is 0 Å². The van der Waals surface area contributed by atoms with E-state index in [1.54, 1.807) is 30.3 Å². The molecule has 2 aromatic carbocycles. The highest BCUT2D eigenvalue weighted by Crippen LogP contribution is 2.30. The number of hydrogen-bond acceptors (Lipinski definition) is 3. The molecule has 0 aliphatic carbocycles. The second-order valence-corrected chi connectivity index (χ2v) is 4.55. The molecule has 0 amide bonds. The highest BCUT2D eigenvalue weighted by atomic mass is 79.9. The minimum Gasteiger partial charge on any atom is -0.478 e. The summed E-state index contributed by atoms with van der Waals surface area (Å²) in [4.78, 5) is 10.8. The zero-order valence-electron chi connectivity index (χ0n) is 9.63. The highest BCUT2D eigenvalue weighted by molar-refractivity contribution is 9.10. The Bertz CT molecular complexity index is 677. The van der Waals surface area contributed by atoms with E-state index in [1.807, 2.05) is 6.07 Å². The van der Waals surface area contributed by atoms with Crippen molar-refractivity contribution < 1.29 is 14.6 Å². The van der Waals surface area contributed by atoms with E-state index in [4.69, 9.17) is 15.1 Å². The molecule has 5 heteroatoms. The van der Waals surface area contributed by atoms with Crippen LogP contribution in [0.3, 0.4) is 0 Å². The van der Waals surface area contributed by atoms with E-state index in [1.165, 1.54) is 12.1 Å². The van der Waals surface area contributed by atoms with Gasteiger partial charge < -0.3 is 9.84 Å². The zero-order chi connectivity index (χ0) is 13.8. The average molecular weight is 318 g/mol. The number of nitrogens with zero attached hydrogens (tertiary/aromatic N) is 1. The number of carboxylic acids is 1. The fraction of sp³-hybridized carbons (Fsp3) is 0. The normalized spacial score (nSPS) is 9.68. The Morgan fingerprint density at radius 2 is 2.05 bits per heavy atom. The van der Waals surface area contributed by atoms with Crippen molar-refractivity contribution in [3.8, 4) is 17.6 Å². The molecule has 0 saturated carbocycles. The predicted octanol–water partition coefficient (Wildman–Crippen LogP) is 3.81. The van der Waals surface area contributed by atoms with Crippen LogP contribution in [0.2, 0.25) is 0 Å². The molecule has 0 heterocycles. The van der Waals surface area contributed by atoms with Crippen molar-refractivity contribution in [2.24, 2.45) is 0 Å². The van der Waals surface area contributed by atoms with Gasteiger partial charge in [-0.3, -0.25) is 0 Å². The highest BCUT2D eigenvalue weighted by Gasteiger charge is 2.08. The third kappa shape index (κ3) is 3.12. The topological polar surface area (TPSA) is 70.3 Å². The van der Waals surface area contributed by atoms with Crippen LogP contribution in [0.1, 0.15) is 15.9 Å². The number of benzene rings is 2. The van der Waals surface area contributed by atoms with Gasteiger partial charge in [0.25, 0.3) is 0 Å². The molecule has 0 aliphatic rings. The van der Waals surface area contributed by atoms with Crippen molar-refractivity contribution in [3.63, 3.8) is 0 Å². The summed E-state index contributed by atoms with van der Waals surface area (Å²) in [7, 11) is 0. The van der Waals surface area contributed by atoms with Gasteiger partial charge in [-0.2, -0.15) is 5.26 Å². The molecule has 0 saturated heterocycles. The van der Waals surface area contributed by atoms with E-state index in [0.29, 0.717) is 21.5 Å². The fourth-order valence-corrected chi connectivity index (χ4v) is 1.93. The SMILES string of the molecule is N#Cc1cccc(Oc2ccc(C(=O)O)cc2Br)c1. The Labute approximate surface area is 118 Å². The van der Waals surface area contributed by atoms with Crippen molar-refractivity contribution in [3.05, 3.63) is 58.1 Å². The van der Waals surface area contributed by atoms with E-state index in [-0.39, 0.29) is 5.56 Å². The van der Waals surface area contributed by atoms with Crippen molar-refractivity contribution in [2.75, 3.05) is 0 Å². The fourth-order valence-electron chi connectivity index (χ4n) is 1.47. The number of carbonyl (C=O) groups is 1. The van der Waals surface area contributed by atoms with Gasteiger partial charge in [0.2, 0.25) is 0 Å². The molecule has 0 radical (unpaired) electrons. The summed E-state index contributed by atoms with van der Waals surface area (Å²) in [5, 5.41) is 17.7. The van der Waals surface area contributed by atoms with Gasteiger partial charge in [-0.05, 0) is 52.3 Å². The Hall–Kier alpha value is -2.32. The maximum atomic E-state index is 10.8. The molecule has 0 atom stereocenters. The van der Waals surface area contributed by atoms with Crippen LogP contribution in [0.5, 0.6) is 11.5 Å². The van der Waals surface area contributed by atoms with Crippen LogP contribution in [-0.2, 0) is 0 Å². The summed E-state index contributed by atoms with van der Waals surface area (Å²) in [6, 6.07) is 13.2. The molecule has 2 aromatic rings. The number of rotatable bonds is 3. The van der Waals surface area contributed by atoms with E-state index < -0.39 is 5.97 Å². The van der Waals surface area contributed by atoms with Crippen LogP contribution in [0, 0.1) is 11.3 Å². The maximum Gasteiger partial charge on any atom is 0.335 e. The largest absolute Gasteiger partial charge is 0.478 e. The predicted molar refractivity (Wildman–Crippen MR) is 72.3 cm³/mol. The third-order valence-electron chi connectivity index (χ3n) is 2.37. The smallest absolute Gasteiger partial charge is 0.335 e. The first-order valence-electron chi connectivity index (χ1n) is 5.31. The van der Waals surface area contributed by atoms with E-state index in [9.17, 15) is 4.79 Å². The summed E-state index contributed by atoms with van der Waals surface area (Å²) in [5.41, 5.74) is 0.667. The van der Waals surface area contributed by atoms with Crippen LogP contribution >= 0.6 is 15.9 Å². The first-order chi connectivity index (χ1) is 9.10. The van der Waals surface area contributed by atoms with Crippen LogP contribution in [-0.4, -0.2) is 11.1 Å². The number of hydrogen-bond donors (Lipinski definition) is 1. The zero-order valence-corrected chi connectivity index (χ0v) is 11.2. The average Bonchev–Trinajstić information content (AvgIpc) is 2.41. The summed E-state index contributed by atoms with van der Waals surface area (Å²) in [6.07, 6.45) is 0. The van der Waals surface area contributed by atoms with Gasteiger partial charge in [0.1, 0.15) is 11.5 Å². The molecule has 19 heavy (non-hydrogen) atoms. The molecule has 0 fully saturated rings. The second kappa shape index (κ2) is 5.55. The van der Waals surface area contributed by atoms with E-state index in [2.05, 4.69) is 15.9 Å². The molecule has 0 aliphatic heterocycles. The molecule has 1 N–H and O–H groups in total. The van der Waals surface area contributed by atoms with Gasteiger partial charge in [0.05, 0.1) is 21.7 Å². The molecular weight excluding hydrogens is 310 g/mol. The van der Waals surface area contributed by atoms with Crippen LogP contribution in [0.4, 0.5) is 0 Å². The van der Waals surface area contributed by atoms with Gasteiger partial charge in [-0.1, -0.05) is 6.07 Å². The summed E-state index contributed by atoms with van der Waals surface area (Å²) in [6.45, 7) is 0. The first kappa shape index (κ1) is 13.1. The van der Waals surface area contributed by atoms with Crippen LogP contribution in [0.15, 0.2) is 46.9 Å². The van der Waals surface area contributed by atoms with Gasteiger partial charge in [-0.25, -0.2) is 4.79 Å². The Morgan fingerprint density at radius 3 is 2.68 bits per heavy atom. The lowest BCUT2D eigenvalue weighted by Crippen LogP contribution is -1.96. The van der Waals surface area contributed by atoms with Gasteiger partial charge in [-0.15, -0.1) is 0 Å². The van der Waals surface area contributed by atoms with Crippen molar-refractivity contribution in [1.29, 1.82) is 5.26 Å². The first-order valence-corrected chi connectivity index (χ1v) is 6.10. The number of aromatic carboxylic acids is 1. The molecule has 2 rings (SSSR count). The Kier molecular flexibility index (Phi) is 3.83. The lowest BCUT2D eigenvalue weighted by atomic mass is 10.2. The third-order valence-corrected chi connectivity index (χ3v) is 2.99. The number of ether oxygens (including phenoxy) is 1. The van der Waals surface area contributed by atoms with Crippen LogP contribution in [0.25, 0.3) is 0 Å². The molecule has 0 bridgehead atoms. The van der Waals surface area contributed by atoms with Gasteiger partial charge >= 0.3 is 5.97 Å². The summed E-state index contributed by atoms with van der Waals surface area (Å²) >= 11 is 3.26. The Balaban J connectivity index is 2.28. The lowest BCUT2D eigenvalue weighted by molar-refractivity contribution is 0.0697. The van der Waals surface area contributed by atoms with E-state index >= 15 is 0 Å². The second-order valence-electron chi connectivity index (χ2n) is 3.69. The molecule has 0 aromatic heterocycles. The molecule has 0 spiro atoms. The van der Waals surface area contributed by atoms with Gasteiger partial charge in [0, 0.05) is 0 Å². The number of nitriles is 1. The molecule has 0 unspecified atom stereocenters. The molecule has 4 nitrogen and oxygen atoms in total. The minimum absolute atomic E-state index is 0.171. The number of carboxylic acid groups (broad SMARTS) is 1. The lowest BCUT2D eigenvalue weighted by Gasteiger charge is -2.08. The van der Waals surface area contributed by atoms with Gasteiger partial charge in [0.15, 0.2) is 0 Å². The standard InChI is InChI=1S/C14H8BrNO3/c15-12-7-10(14(17)18)4-5-13(12)19-11-3-1-2-9(6-11)8-16/h1-7H,(H,17,18). The maximum absolute atomic E-state index is 10.8. The van der Waals surface area contributed by atoms with Crippen molar-refractivity contribution in [1.82, 2.24) is 0 Å². The molecular formula is C14H8BrNO3. The van der Waals surface area contributed by atoms with Crippen LogP contribution < -0.4 is 4.74 Å². The Morgan fingerprint density at radius 1 is 1.26 bits per heavy atom. The molecule has 94 valence electrons. The monoisotopic (exact) mass is 317 g/mol. The number of halogens is 1. The summed E-state index contributed by atoms with van der Waals surface area (Å²) < 4.78 is 6.13. The van der Waals surface area contributed by atoms with Crippen molar-refractivity contribution in [2.45, 2.75) is 0 Å². The summed E-state index contributed by atoms with van der Waals surface area (Å²) in [5.74, 6) is 0.00152. The van der Waals surface area contributed by atoms with Crippen molar-refractivity contribution >= 4 is 21.9 Å². The minimum atomic E-state index is -1.00.